The van der Waals surface area contributed by atoms with Gasteiger partial charge in [-0.2, -0.15) is 0 Å². The molecule has 16 heavy (non-hydrogen) atoms. The molecule has 0 nitrogen and oxygen atoms in total. The van der Waals surface area contributed by atoms with Gasteiger partial charge in [-0.1, -0.05) is 57.4 Å². The molecule has 0 aromatic heterocycles. The Labute approximate surface area is 103 Å². The third-order valence-corrected chi connectivity index (χ3v) is 2.68. The molecule has 0 N–H and O–H groups in total. The van der Waals surface area contributed by atoms with E-state index in [0.29, 0.717) is 0 Å². The van der Waals surface area contributed by atoms with Gasteiger partial charge >= 0.3 is 0 Å². The van der Waals surface area contributed by atoms with Gasteiger partial charge in [-0.3, -0.25) is 0 Å². The van der Waals surface area contributed by atoms with Crippen LogP contribution in [0.25, 0.3) is 0 Å². The Morgan fingerprint density at radius 1 is 0.688 bits per heavy atom. The molecule has 0 atom stereocenters. The first-order chi connectivity index (χ1) is 7.91. The lowest BCUT2D eigenvalue weighted by molar-refractivity contribution is 0.693. The fourth-order valence-electron chi connectivity index (χ4n) is 1.66. The van der Waals surface area contributed by atoms with Crippen molar-refractivity contribution in [1.82, 2.24) is 0 Å². The summed E-state index contributed by atoms with van der Waals surface area (Å²) in [6.45, 7) is 6.04. The molecule has 0 saturated heterocycles. The Hall–Kier alpha value is -0.520. The van der Waals surface area contributed by atoms with E-state index in [1.165, 1.54) is 57.8 Å². The predicted molar refractivity (Wildman–Crippen MR) is 75.5 cm³/mol. The largest absolute Gasteiger partial charge is 0.0888 e. The molecule has 0 heterocycles. The van der Waals surface area contributed by atoms with E-state index in [-0.39, 0.29) is 0 Å². The Morgan fingerprint density at radius 2 is 1.19 bits per heavy atom. The maximum absolute atomic E-state index is 3.84. The fourth-order valence-corrected chi connectivity index (χ4v) is 1.66. The van der Waals surface area contributed by atoms with Crippen molar-refractivity contribution < 1.29 is 0 Å². The van der Waals surface area contributed by atoms with Crippen LogP contribution in [0.1, 0.15) is 71.1 Å². The number of hydrogen-bond donors (Lipinski definition) is 0. The van der Waals surface area contributed by atoms with Gasteiger partial charge in [0.05, 0.1) is 0 Å². The van der Waals surface area contributed by atoms with Crippen LogP contribution in [0.3, 0.4) is 0 Å². The van der Waals surface area contributed by atoms with Crippen molar-refractivity contribution in [3.05, 3.63) is 31.2 Å². The molecule has 0 aliphatic rings. The highest BCUT2D eigenvalue weighted by molar-refractivity contribution is 4.82. The number of allylic oxidation sites excluding steroid dienone is 4. The Bertz CT molecular complexity index is 165. The summed E-state index contributed by atoms with van der Waals surface area (Å²) < 4.78 is 0. The van der Waals surface area contributed by atoms with Gasteiger partial charge in [0.1, 0.15) is 0 Å². The van der Waals surface area contributed by atoms with Crippen LogP contribution >= 0.6 is 0 Å². The van der Waals surface area contributed by atoms with E-state index in [1.54, 1.807) is 0 Å². The minimum atomic E-state index is 1.08. The Balaban J connectivity index is 3.05. The minimum absolute atomic E-state index is 1.08. The zero-order valence-corrected chi connectivity index (χ0v) is 11.1. The summed E-state index contributed by atoms with van der Waals surface area (Å²) in [5.74, 6) is 0. The van der Waals surface area contributed by atoms with E-state index in [0.717, 1.165) is 6.42 Å². The van der Waals surface area contributed by atoms with Crippen molar-refractivity contribution in [2.45, 2.75) is 71.1 Å². The second-order valence-electron chi connectivity index (χ2n) is 4.34. The average Bonchev–Trinajstić information content (AvgIpc) is 2.31. The third kappa shape index (κ3) is 13.5. The van der Waals surface area contributed by atoms with Crippen LogP contribution in [0.5, 0.6) is 0 Å². The highest BCUT2D eigenvalue weighted by atomic mass is 13.9. The molecule has 0 heteroatoms. The van der Waals surface area contributed by atoms with Crippen LogP contribution in [0.2, 0.25) is 0 Å². The van der Waals surface area contributed by atoms with Gasteiger partial charge in [0.15, 0.2) is 0 Å². The molecule has 0 aromatic rings. The van der Waals surface area contributed by atoms with Gasteiger partial charge in [-0.15, -0.1) is 0 Å². The lowest BCUT2D eigenvalue weighted by Gasteiger charge is -1.95. The van der Waals surface area contributed by atoms with Crippen molar-refractivity contribution in [2.75, 3.05) is 0 Å². The van der Waals surface area contributed by atoms with Crippen molar-refractivity contribution in [3.63, 3.8) is 0 Å². The molecule has 0 bridgehead atoms. The highest BCUT2D eigenvalue weighted by Crippen LogP contribution is 2.06. The van der Waals surface area contributed by atoms with E-state index < -0.39 is 0 Å². The van der Waals surface area contributed by atoms with Crippen molar-refractivity contribution in [2.24, 2.45) is 0 Å². The van der Waals surface area contributed by atoms with Gasteiger partial charge in [-0.25, -0.2) is 0 Å². The molecule has 0 saturated carbocycles. The van der Waals surface area contributed by atoms with Gasteiger partial charge in [0.25, 0.3) is 0 Å². The van der Waals surface area contributed by atoms with E-state index in [4.69, 9.17) is 0 Å². The van der Waals surface area contributed by atoms with Crippen LogP contribution in [-0.4, -0.2) is 0 Å². The molecule has 0 amide bonds. The maximum atomic E-state index is 3.84. The number of hydrogen-bond acceptors (Lipinski definition) is 0. The van der Waals surface area contributed by atoms with Crippen LogP contribution in [-0.2, 0) is 0 Å². The summed E-state index contributed by atoms with van der Waals surface area (Å²) >= 11 is 0. The fraction of sp³-hybridized carbons (Fsp3) is 0.688. The molecule has 93 valence electrons. The summed E-state index contributed by atoms with van der Waals surface area (Å²) in [7, 11) is 0. The number of rotatable bonds is 11. The monoisotopic (exact) mass is 221 g/mol. The third-order valence-electron chi connectivity index (χ3n) is 2.68. The molecular formula is C16H29. The summed E-state index contributed by atoms with van der Waals surface area (Å²) in [5, 5.41) is 0. The van der Waals surface area contributed by atoms with Crippen LogP contribution < -0.4 is 0 Å². The van der Waals surface area contributed by atoms with E-state index >= 15 is 0 Å². The molecule has 0 rings (SSSR count). The van der Waals surface area contributed by atoms with Gasteiger partial charge in [0, 0.05) is 0 Å². The van der Waals surface area contributed by atoms with Crippen molar-refractivity contribution in [3.8, 4) is 0 Å². The van der Waals surface area contributed by atoms with Crippen molar-refractivity contribution in [1.29, 1.82) is 0 Å². The van der Waals surface area contributed by atoms with E-state index in [2.05, 4.69) is 38.2 Å². The molecular weight excluding hydrogens is 192 g/mol. The smallest absolute Gasteiger partial charge is 0.0351 e. The molecule has 1 radical (unpaired) electrons. The SMILES string of the molecule is [CH2]CCCCC=CCCCCCC=CCC. The van der Waals surface area contributed by atoms with Crippen LogP contribution in [0, 0.1) is 6.92 Å². The predicted octanol–water partition coefficient (Wildman–Crippen LogP) is 5.85. The number of unbranched alkanes of at least 4 members (excludes halogenated alkanes) is 7. The molecule has 0 aromatic carbocycles. The van der Waals surface area contributed by atoms with Gasteiger partial charge in [-0.05, 0) is 44.9 Å². The summed E-state index contributed by atoms with van der Waals surface area (Å²) in [5.41, 5.74) is 0. The Morgan fingerprint density at radius 3 is 1.69 bits per heavy atom. The zero-order valence-electron chi connectivity index (χ0n) is 11.1. The normalized spacial score (nSPS) is 11.9. The molecule has 0 spiro atoms. The molecule has 0 aliphatic heterocycles. The van der Waals surface area contributed by atoms with Crippen LogP contribution in [0.4, 0.5) is 0 Å². The average molecular weight is 221 g/mol. The summed E-state index contributed by atoms with van der Waals surface area (Å²) in [6.07, 6.45) is 22.0. The summed E-state index contributed by atoms with van der Waals surface area (Å²) in [6, 6.07) is 0. The standard InChI is InChI=1S/C16H29/c1-3-5-7-9-11-13-15-16-14-12-10-8-6-4-2/h6,8,11,13H,1,3-5,7,9-10,12,14-16H2,2H3. The quantitative estimate of drug-likeness (QED) is 0.303. The molecule has 0 unspecified atom stereocenters. The lowest BCUT2D eigenvalue weighted by atomic mass is 10.1. The Kier molecular flexibility index (Phi) is 14.0. The lowest BCUT2D eigenvalue weighted by Crippen LogP contribution is -1.75. The van der Waals surface area contributed by atoms with E-state index in [9.17, 15) is 0 Å². The first kappa shape index (κ1) is 15.5. The van der Waals surface area contributed by atoms with Crippen LogP contribution in [0.15, 0.2) is 24.3 Å². The minimum Gasteiger partial charge on any atom is -0.0888 e. The first-order valence-corrected chi connectivity index (χ1v) is 7.01. The first-order valence-electron chi connectivity index (χ1n) is 7.01. The van der Waals surface area contributed by atoms with E-state index in [1.807, 2.05) is 0 Å². The van der Waals surface area contributed by atoms with Gasteiger partial charge < -0.3 is 0 Å². The zero-order chi connectivity index (χ0) is 11.9. The topological polar surface area (TPSA) is 0 Å². The molecule has 0 fully saturated rings. The van der Waals surface area contributed by atoms with Crippen molar-refractivity contribution >= 4 is 0 Å². The summed E-state index contributed by atoms with van der Waals surface area (Å²) in [4.78, 5) is 0. The highest BCUT2D eigenvalue weighted by Gasteiger charge is 1.86. The second-order valence-corrected chi connectivity index (χ2v) is 4.34. The van der Waals surface area contributed by atoms with Gasteiger partial charge in [0.2, 0.25) is 0 Å². The molecule has 0 aliphatic carbocycles. The second kappa shape index (κ2) is 14.5. The maximum Gasteiger partial charge on any atom is -0.0351 e.